The molecule has 0 saturated carbocycles. The minimum absolute atomic E-state index is 0.00363. The predicted octanol–water partition coefficient (Wildman–Crippen LogP) is 3.17. The van der Waals surface area contributed by atoms with Gasteiger partial charge in [-0.3, -0.25) is 29.0 Å². The zero-order chi connectivity index (χ0) is 43.0. The molecule has 308 valence electrons. The minimum atomic E-state index is -1.44. The van der Waals surface area contributed by atoms with Crippen LogP contribution in [-0.4, -0.2) is 87.9 Å². The number of hydrogen-bond donors (Lipinski definition) is 7. The molecule has 5 rings (SSSR count). The quantitative estimate of drug-likeness (QED) is 0.109. The lowest BCUT2D eigenvalue weighted by molar-refractivity contribution is -0.141. The first-order chi connectivity index (χ1) is 28.1. The highest BCUT2D eigenvalue weighted by Gasteiger charge is 2.36. The Morgan fingerprint density at radius 3 is 2.29 bits per heavy atom. The first-order valence-electron chi connectivity index (χ1n) is 19.4. The van der Waals surface area contributed by atoms with Crippen molar-refractivity contribution in [3.63, 3.8) is 0 Å². The Bertz CT molecular complexity index is 2270. The van der Waals surface area contributed by atoms with Gasteiger partial charge in [-0.15, -0.1) is 0 Å². The average Bonchev–Trinajstić information content (AvgIpc) is 3.20. The molecule has 0 aliphatic carbocycles. The Labute approximate surface area is 343 Å². The number of aromatic hydroxyl groups is 2. The molecule has 5 amide bonds. The number of hydrogen-bond acceptors (Lipinski definition) is 10. The maximum Gasteiger partial charge on any atom is 0.253 e. The molecule has 1 aromatic heterocycles. The second kappa shape index (κ2) is 19.1. The first-order valence-corrected chi connectivity index (χ1v) is 19.4. The van der Waals surface area contributed by atoms with E-state index in [1.165, 1.54) is 49.9 Å². The van der Waals surface area contributed by atoms with Gasteiger partial charge in [0.2, 0.25) is 23.6 Å². The molecule has 8 N–H and O–H groups in total. The topological polar surface area (TPSA) is 240 Å². The lowest BCUT2D eigenvalue weighted by atomic mass is 9.93. The molecule has 1 aliphatic heterocycles. The predicted molar refractivity (Wildman–Crippen MR) is 220 cm³/mol. The fourth-order valence-corrected chi connectivity index (χ4v) is 7.04. The number of carbonyl (C=O) groups excluding carboxylic acids is 5. The Morgan fingerprint density at radius 1 is 0.966 bits per heavy atom. The van der Waals surface area contributed by atoms with Gasteiger partial charge in [0.1, 0.15) is 42.2 Å². The van der Waals surface area contributed by atoms with Crippen LogP contribution in [0.5, 0.6) is 11.5 Å². The molecule has 0 spiro atoms. The second-order valence-corrected chi connectivity index (χ2v) is 15.1. The van der Waals surface area contributed by atoms with Gasteiger partial charge in [-0.2, -0.15) is 5.26 Å². The van der Waals surface area contributed by atoms with E-state index in [1.54, 1.807) is 25.1 Å². The summed E-state index contributed by atoms with van der Waals surface area (Å²) in [5.74, 6) is -3.41. The molecule has 4 aromatic rings. The number of amides is 5. The summed E-state index contributed by atoms with van der Waals surface area (Å²) in [6.07, 6.45) is 0.900. The fraction of sp³-hybridized carbons (Fsp3) is 0.341. The number of nitriles is 1. The van der Waals surface area contributed by atoms with Crippen molar-refractivity contribution in [3.05, 3.63) is 101 Å². The summed E-state index contributed by atoms with van der Waals surface area (Å²) >= 11 is 0. The van der Waals surface area contributed by atoms with Crippen LogP contribution >= 0.6 is 0 Å². The van der Waals surface area contributed by atoms with Crippen LogP contribution in [0.3, 0.4) is 0 Å². The lowest BCUT2D eigenvalue weighted by Gasteiger charge is -2.32. The third-order valence-corrected chi connectivity index (χ3v) is 10.1. The van der Waals surface area contributed by atoms with Gasteiger partial charge in [0.25, 0.3) is 5.91 Å². The number of fused-ring (bicyclic) bond motifs is 5. The van der Waals surface area contributed by atoms with Crippen LogP contribution in [0.1, 0.15) is 66.0 Å². The molecule has 3 aromatic carbocycles. The van der Waals surface area contributed by atoms with Crippen molar-refractivity contribution in [2.75, 3.05) is 20.1 Å². The third-order valence-electron chi connectivity index (χ3n) is 10.1. The van der Waals surface area contributed by atoms with Crippen LogP contribution in [0.15, 0.2) is 72.8 Å². The van der Waals surface area contributed by atoms with Crippen molar-refractivity contribution in [2.45, 2.75) is 71.1 Å². The molecule has 4 atom stereocenters. The number of benzene rings is 3. The van der Waals surface area contributed by atoms with Gasteiger partial charge < -0.3 is 42.1 Å². The lowest BCUT2D eigenvalue weighted by Crippen LogP contribution is -2.56. The van der Waals surface area contributed by atoms with Crippen LogP contribution in [-0.2, 0) is 32.0 Å². The fourth-order valence-electron chi connectivity index (χ4n) is 7.04. The van der Waals surface area contributed by atoms with E-state index in [0.717, 1.165) is 16.9 Å². The van der Waals surface area contributed by atoms with Gasteiger partial charge in [-0.1, -0.05) is 50.2 Å². The van der Waals surface area contributed by atoms with Gasteiger partial charge in [0, 0.05) is 30.2 Å². The highest BCUT2D eigenvalue weighted by Crippen LogP contribution is 2.39. The number of nitrogens with zero attached hydrogens (tertiary/aromatic N) is 3. The summed E-state index contributed by atoms with van der Waals surface area (Å²) in [5.41, 5.74) is 10.4. The largest absolute Gasteiger partial charge is 0.507 e. The van der Waals surface area contributed by atoms with E-state index in [1.807, 2.05) is 18.2 Å². The number of carbonyl (C=O) groups is 5. The highest BCUT2D eigenvalue weighted by atomic mass is 16.3. The number of rotatable bonds is 11. The molecule has 59 heavy (non-hydrogen) atoms. The van der Waals surface area contributed by atoms with Crippen molar-refractivity contribution in [3.8, 4) is 40.0 Å². The van der Waals surface area contributed by atoms with Gasteiger partial charge >= 0.3 is 0 Å². The molecule has 15 nitrogen and oxygen atoms in total. The summed E-state index contributed by atoms with van der Waals surface area (Å²) in [7, 11) is 1.37. The maximum absolute atomic E-state index is 14.4. The number of aryl methyl sites for hydroxylation is 1. The summed E-state index contributed by atoms with van der Waals surface area (Å²) in [6.45, 7) is 7.11. The Hall–Kier alpha value is -6.79. The average molecular weight is 803 g/mol. The second-order valence-electron chi connectivity index (χ2n) is 15.1. The molecule has 0 radical (unpaired) electrons. The van der Waals surface area contributed by atoms with Crippen LogP contribution in [0.25, 0.3) is 22.4 Å². The number of nitrogens with two attached hydrogens (primary N) is 1. The number of likely N-dealkylation sites (N-methyl/N-ethyl adjacent to an activating group) is 1. The van der Waals surface area contributed by atoms with Crippen molar-refractivity contribution < 1.29 is 34.2 Å². The van der Waals surface area contributed by atoms with Crippen molar-refractivity contribution >= 4 is 29.5 Å². The van der Waals surface area contributed by atoms with E-state index in [4.69, 9.17) is 11.0 Å². The first kappa shape index (κ1) is 43.3. The van der Waals surface area contributed by atoms with E-state index in [2.05, 4.69) is 52.2 Å². The molecule has 15 heteroatoms. The Morgan fingerprint density at radius 2 is 1.64 bits per heavy atom. The number of phenols is 2. The zero-order valence-electron chi connectivity index (χ0n) is 33.7. The maximum atomic E-state index is 14.4. The molecular formula is C44H50N8O7. The van der Waals surface area contributed by atoms with E-state index < -0.39 is 53.7 Å². The van der Waals surface area contributed by atoms with Crippen LogP contribution in [0, 0.1) is 24.2 Å². The summed E-state index contributed by atoms with van der Waals surface area (Å²) in [6, 6.07) is 16.9. The molecule has 4 unspecified atom stereocenters. The van der Waals surface area contributed by atoms with Gasteiger partial charge in [0.05, 0.1) is 23.0 Å². The minimum Gasteiger partial charge on any atom is -0.507 e. The number of pyridine rings is 1. The van der Waals surface area contributed by atoms with E-state index >= 15 is 0 Å². The standard InChI is InChI=1S/C44H50N8O7/c1-24(2)20-27-6-9-29(10-7-27)34-13-12-31(25(3)48-34)41(56)50-35(16-17-45)44(59)52(5)39-30-11-15-38(54)33(23-30)32-21-28(8-14-37(32)53)22-36(42(57)47-19-18-46)51-40(55)26(4)49-43(39)58/h6-15,21,23-24,26,35-36,39,53-54H,16-17,19-20,22,45H2,1-5H3,(H,47,57)(H,49,58)(H,50,56)(H,51,55). The van der Waals surface area contributed by atoms with Crippen LogP contribution in [0.2, 0.25) is 0 Å². The number of phenolic OH excluding ortho intramolecular Hbond substituents is 2. The van der Waals surface area contributed by atoms with Gasteiger partial charge in [-0.25, -0.2) is 0 Å². The van der Waals surface area contributed by atoms with Crippen molar-refractivity contribution in [1.29, 1.82) is 5.26 Å². The van der Waals surface area contributed by atoms with E-state index in [-0.39, 0.29) is 59.7 Å². The van der Waals surface area contributed by atoms with Crippen LogP contribution in [0.4, 0.5) is 0 Å². The molecule has 2 heterocycles. The smallest absolute Gasteiger partial charge is 0.253 e. The normalized spacial score (nSPS) is 17.1. The molecule has 4 bridgehead atoms. The SMILES string of the molecule is Cc1nc(-c2ccc(CC(C)C)cc2)ccc1C(=O)NC(CCN)C(=O)N(C)C1C(=O)NC(C)C(=O)NC(C(=O)NCC#N)Cc2ccc(O)c(c2)-c2cc1ccc2O. The van der Waals surface area contributed by atoms with Gasteiger partial charge in [-0.05, 0) is 92.2 Å². The van der Waals surface area contributed by atoms with E-state index in [9.17, 15) is 34.2 Å². The Balaban J connectivity index is 1.47. The molecular weight excluding hydrogens is 753 g/mol. The van der Waals surface area contributed by atoms with E-state index in [0.29, 0.717) is 22.9 Å². The number of nitrogens with one attached hydrogen (secondary N) is 4. The van der Waals surface area contributed by atoms with Crippen molar-refractivity contribution in [2.24, 2.45) is 11.7 Å². The summed E-state index contributed by atoms with van der Waals surface area (Å²) in [4.78, 5) is 74.7. The summed E-state index contributed by atoms with van der Waals surface area (Å²) < 4.78 is 0. The highest BCUT2D eigenvalue weighted by molar-refractivity contribution is 6.00. The van der Waals surface area contributed by atoms with Gasteiger partial charge in [0.15, 0.2) is 0 Å². The molecule has 0 fully saturated rings. The Kier molecular flexibility index (Phi) is 14.0. The summed E-state index contributed by atoms with van der Waals surface area (Å²) in [5, 5.41) is 41.4. The molecule has 0 saturated heterocycles. The monoisotopic (exact) mass is 802 g/mol. The number of aromatic nitrogens is 1. The third kappa shape index (κ3) is 10.4. The zero-order valence-corrected chi connectivity index (χ0v) is 33.7. The van der Waals surface area contributed by atoms with Crippen LogP contribution < -0.4 is 27.0 Å². The van der Waals surface area contributed by atoms with Crippen molar-refractivity contribution in [1.82, 2.24) is 31.2 Å². The molecule has 1 aliphatic rings.